The van der Waals surface area contributed by atoms with Gasteiger partial charge in [0.25, 0.3) is 0 Å². The van der Waals surface area contributed by atoms with Gasteiger partial charge in [-0.25, -0.2) is 4.98 Å². The van der Waals surface area contributed by atoms with Crippen molar-refractivity contribution in [3.8, 4) is 22.0 Å². The van der Waals surface area contributed by atoms with E-state index in [0.29, 0.717) is 0 Å². The van der Waals surface area contributed by atoms with Crippen LogP contribution >= 0.6 is 11.3 Å². The molecule has 78 valence electrons. The Morgan fingerprint density at radius 3 is 2.88 bits per heavy atom. The summed E-state index contributed by atoms with van der Waals surface area (Å²) in [5.41, 5.74) is 2.61. The van der Waals surface area contributed by atoms with E-state index < -0.39 is 0 Å². The van der Waals surface area contributed by atoms with Crippen molar-refractivity contribution in [1.82, 2.24) is 25.1 Å². The molecule has 0 aliphatic heterocycles. The second kappa shape index (κ2) is 3.82. The van der Waals surface area contributed by atoms with E-state index in [1.807, 2.05) is 11.6 Å². The van der Waals surface area contributed by atoms with E-state index in [4.69, 9.17) is 0 Å². The zero-order valence-corrected chi connectivity index (χ0v) is 8.98. The first-order valence-corrected chi connectivity index (χ1v) is 5.52. The SMILES string of the molecule is c1cnc(-c2csc(-c3cn[nH]c3)n2)cn1. The van der Waals surface area contributed by atoms with Crippen LogP contribution in [-0.2, 0) is 0 Å². The Kier molecular flexibility index (Phi) is 2.19. The van der Waals surface area contributed by atoms with E-state index >= 15 is 0 Å². The molecule has 0 bridgehead atoms. The number of H-pyrrole nitrogens is 1. The van der Waals surface area contributed by atoms with Crippen LogP contribution in [0.2, 0.25) is 0 Å². The maximum absolute atomic E-state index is 4.48. The fraction of sp³-hybridized carbons (Fsp3) is 0. The van der Waals surface area contributed by atoms with Crippen molar-refractivity contribution >= 4 is 11.3 Å². The summed E-state index contributed by atoms with van der Waals surface area (Å²) >= 11 is 1.56. The second-order valence-corrected chi connectivity index (χ2v) is 3.97. The standard InChI is InChI=1S/C10H7N5S/c1-2-12-8(5-11-1)9-6-16-10(15-9)7-3-13-14-4-7/h1-6H,(H,13,14). The second-order valence-electron chi connectivity index (χ2n) is 3.12. The third-order valence-electron chi connectivity index (χ3n) is 2.07. The van der Waals surface area contributed by atoms with Gasteiger partial charge in [-0.3, -0.25) is 15.1 Å². The molecule has 6 heteroatoms. The highest BCUT2D eigenvalue weighted by molar-refractivity contribution is 7.13. The average Bonchev–Trinajstić information content (AvgIpc) is 3.01. The molecule has 0 aromatic carbocycles. The lowest BCUT2D eigenvalue weighted by atomic mass is 10.3. The van der Waals surface area contributed by atoms with E-state index in [2.05, 4.69) is 25.1 Å². The van der Waals surface area contributed by atoms with Gasteiger partial charge < -0.3 is 0 Å². The molecule has 3 heterocycles. The molecule has 0 amide bonds. The Morgan fingerprint density at radius 1 is 1.12 bits per heavy atom. The normalized spacial score (nSPS) is 10.5. The predicted molar refractivity (Wildman–Crippen MR) is 60.7 cm³/mol. The van der Waals surface area contributed by atoms with Crippen molar-refractivity contribution in [2.24, 2.45) is 0 Å². The smallest absolute Gasteiger partial charge is 0.127 e. The van der Waals surface area contributed by atoms with Crippen molar-refractivity contribution in [3.05, 3.63) is 36.4 Å². The minimum Gasteiger partial charge on any atom is -0.285 e. The van der Waals surface area contributed by atoms with Crippen LogP contribution in [0.5, 0.6) is 0 Å². The minimum atomic E-state index is 0.786. The molecule has 1 N–H and O–H groups in total. The summed E-state index contributed by atoms with van der Waals surface area (Å²) in [6, 6.07) is 0. The van der Waals surface area contributed by atoms with Crippen LogP contribution in [0.1, 0.15) is 0 Å². The molecule has 0 aliphatic carbocycles. The predicted octanol–water partition coefficient (Wildman–Crippen LogP) is 1.99. The Bertz CT molecular complexity index is 572. The van der Waals surface area contributed by atoms with Gasteiger partial charge in [-0.05, 0) is 0 Å². The van der Waals surface area contributed by atoms with Gasteiger partial charge in [0, 0.05) is 29.5 Å². The number of nitrogens with one attached hydrogen (secondary N) is 1. The average molecular weight is 229 g/mol. The van der Waals surface area contributed by atoms with Crippen LogP contribution in [-0.4, -0.2) is 25.1 Å². The molecular formula is C10H7N5S. The van der Waals surface area contributed by atoms with Crippen LogP contribution in [0.15, 0.2) is 36.4 Å². The maximum atomic E-state index is 4.48. The van der Waals surface area contributed by atoms with Crippen molar-refractivity contribution < 1.29 is 0 Å². The summed E-state index contributed by atoms with van der Waals surface area (Å²) in [4.78, 5) is 12.7. The lowest BCUT2D eigenvalue weighted by Gasteiger charge is -1.92. The van der Waals surface area contributed by atoms with Crippen LogP contribution in [0.3, 0.4) is 0 Å². The number of aromatic nitrogens is 5. The number of nitrogens with zero attached hydrogens (tertiary/aromatic N) is 4. The lowest BCUT2D eigenvalue weighted by molar-refractivity contribution is 1.09. The highest BCUT2D eigenvalue weighted by Crippen LogP contribution is 2.26. The summed E-state index contributed by atoms with van der Waals surface area (Å²) in [5, 5.41) is 9.55. The molecule has 0 unspecified atom stereocenters. The zero-order valence-electron chi connectivity index (χ0n) is 8.16. The molecule has 3 aromatic rings. The van der Waals surface area contributed by atoms with Crippen LogP contribution < -0.4 is 0 Å². The van der Waals surface area contributed by atoms with Gasteiger partial charge in [-0.15, -0.1) is 11.3 Å². The van der Waals surface area contributed by atoms with Crippen LogP contribution in [0.4, 0.5) is 0 Å². The first-order valence-electron chi connectivity index (χ1n) is 4.64. The summed E-state index contributed by atoms with van der Waals surface area (Å²) in [5.74, 6) is 0. The molecule has 0 spiro atoms. The van der Waals surface area contributed by atoms with Gasteiger partial charge >= 0.3 is 0 Å². The molecule has 0 aliphatic rings. The minimum absolute atomic E-state index is 0.786. The van der Waals surface area contributed by atoms with E-state index in [1.165, 1.54) is 0 Å². The fourth-order valence-electron chi connectivity index (χ4n) is 1.32. The summed E-state index contributed by atoms with van der Waals surface area (Å²) in [6.07, 6.45) is 8.58. The maximum Gasteiger partial charge on any atom is 0.127 e. The summed E-state index contributed by atoms with van der Waals surface area (Å²) < 4.78 is 0. The van der Waals surface area contributed by atoms with Crippen LogP contribution in [0.25, 0.3) is 22.0 Å². The Hall–Kier alpha value is -2.08. The Labute approximate surface area is 95.2 Å². The highest BCUT2D eigenvalue weighted by atomic mass is 32.1. The fourth-order valence-corrected chi connectivity index (χ4v) is 2.12. The number of hydrogen-bond acceptors (Lipinski definition) is 5. The van der Waals surface area contributed by atoms with Crippen molar-refractivity contribution in [2.75, 3.05) is 0 Å². The molecular weight excluding hydrogens is 222 g/mol. The van der Waals surface area contributed by atoms with E-state index in [-0.39, 0.29) is 0 Å². The third-order valence-corrected chi connectivity index (χ3v) is 2.97. The molecule has 0 radical (unpaired) electrons. The largest absolute Gasteiger partial charge is 0.285 e. The van der Waals surface area contributed by atoms with Crippen molar-refractivity contribution in [2.45, 2.75) is 0 Å². The van der Waals surface area contributed by atoms with Crippen LogP contribution in [0, 0.1) is 0 Å². The molecule has 0 atom stereocenters. The monoisotopic (exact) mass is 229 g/mol. The Balaban J connectivity index is 2.00. The van der Waals surface area contributed by atoms with Gasteiger partial charge in [-0.2, -0.15) is 5.10 Å². The van der Waals surface area contributed by atoms with E-state index in [0.717, 1.165) is 22.0 Å². The highest BCUT2D eigenvalue weighted by Gasteiger charge is 2.07. The first-order chi connectivity index (χ1) is 7.93. The first kappa shape index (κ1) is 9.17. The molecule has 3 aromatic heterocycles. The molecule has 0 fully saturated rings. The van der Waals surface area contributed by atoms with E-state index in [9.17, 15) is 0 Å². The quantitative estimate of drug-likeness (QED) is 0.729. The third kappa shape index (κ3) is 1.59. The zero-order chi connectivity index (χ0) is 10.8. The van der Waals surface area contributed by atoms with Gasteiger partial charge in [0.2, 0.25) is 0 Å². The lowest BCUT2D eigenvalue weighted by Crippen LogP contribution is -1.83. The molecule has 0 saturated heterocycles. The van der Waals surface area contributed by atoms with Gasteiger partial charge in [0.05, 0.1) is 12.4 Å². The van der Waals surface area contributed by atoms with Gasteiger partial charge in [-0.1, -0.05) is 0 Å². The number of aromatic amines is 1. The van der Waals surface area contributed by atoms with Crippen molar-refractivity contribution in [3.63, 3.8) is 0 Å². The summed E-state index contributed by atoms with van der Waals surface area (Å²) in [6.45, 7) is 0. The molecule has 3 rings (SSSR count). The van der Waals surface area contributed by atoms with Gasteiger partial charge in [0.15, 0.2) is 0 Å². The van der Waals surface area contributed by atoms with Crippen molar-refractivity contribution in [1.29, 1.82) is 0 Å². The summed E-state index contributed by atoms with van der Waals surface area (Å²) in [7, 11) is 0. The number of hydrogen-bond donors (Lipinski definition) is 1. The number of thiazole rings is 1. The van der Waals surface area contributed by atoms with E-state index in [1.54, 1.807) is 36.1 Å². The molecule has 16 heavy (non-hydrogen) atoms. The van der Waals surface area contributed by atoms with Gasteiger partial charge in [0.1, 0.15) is 16.4 Å². The molecule has 0 saturated carbocycles. The Morgan fingerprint density at radius 2 is 2.12 bits per heavy atom. The topological polar surface area (TPSA) is 67.3 Å². The molecule has 5 nitrogen and oxygen atoms in total. The number of rotatable bonds is 2.